The van der Waals surface area contributed by atoms with Crippen LogP contribution in [0.5, 0.6) is 0 Å². The zero-order valence-electron chi connectivity index (χ0n) is 17.9. The van der Waals surface area contributed by atoms with Crippen molar-refractivity contribution in [3.63, 3.8) is 0 Å². The number of nitrogens with one attached hydrogen (secondary N) is 1. The van der Waals surface area contributed by atoms with Crippen molar-refractivity contribution in [2.45, 2.75) is 20.4 Å². The van der Waals surface area contributed by atoms with Gasteiger partial charge in [-0.2, -0.15) is 0 Å². The van der Waals surface area contributed by atoms with E-state index in [9.17, 15) is 9.59 Å². The lowest BCUT2D eigenvalue weighted by atomic mass is 10.1. The zero-order valence-corrected chi connectivity index (χ0v) is 18.7. The van der Waals surface area contributed by atoms with Gasteiger partial charge >= 0.3 is 0 Å². The molecule has 1 aliphatic rings. The van der Waals surface area contributed by atoms with Crippen LogP contribution in [-0.4, -0.2) is 47.8 Å². The normalized spacial score (nSPS) is 14.5. The third-order valence-electron chi connectivity index (χ3n) is 5.77. The average molecular weight is 434 g/mol. The Morgan fingerprint density at radius 3 is 2.16 bits per heavy atom. The minimum atomic E-state index is -0.191. The Bertz CT molecular complexity index is 1060. The standard InChI is InChI=1S/C25H27N3O2S/c1-18-19(2)31-24(26-23(29)21-11-7-4-8-12-21)22(18)25(30)28-15-13-27(14-16-28)17-20-9-5-3-6-10-20/h3-12H,13-17H2,1-2H3,(H,26,29). The monoisotopic (exact) mass is 433 g/mol. The van der Waals surface area contributed by atoms with Crippen molar-refractivity contribution in [1.29, 1.82) is 0 Å². The second-order valence-corrected chi connectivity index (χ2v) is 9.09. The number of thiophene rings is 1. The third-order valence-corrected chi connectivity index (χ3v) is 6.89. The second-order valence-electron chi connectivity index (χ2n) is 7.86. The molecule has 2 amide bonds. The van der Waals surface area contributed by atoms with Crippen molar-refractivity contribution in [2.75, 3.05) is 31.5 Å². The molecule has 2 heterocycles. The summed E-state index contributed by atoms with van der Waals surface area (Å²) in [6.45, 7) is 7.91. The number of hydrogen-bond acceptors (Lipinski definition) is 4. The van der Waals surface area contributed by atoms with Crippen molar-refractivity contribution in [2.24, 2.45) is 0 Å². The summed E-state index contributed by atoms with van der Waals surface area (Å²) >= 11 is 1.47. The minimum absolute atomic E-state index is 0.00423. The number of carbonyl (C=O) groups excluding carboxylic acids is 2. The van der Waals surface area contributed by atoms with Crippen molar-refractivity contribution in [3.8, 4) is 0 Å². The summed E-state index contributed by atoms with van der Waals surface area (Å²) in [5.74, 6) is -0.187. The number of aryl methyl sites for hydroxylation is 1. The molecule has 6 heteroatoms. The molecule has 5 nitrogen and oxygen atoms in total. The number of amides is 2. The van der Waals surface area contributed by atoms with E-state index in [2.05, 4.69) is 34.5 Å². The first-order valence-electron chi connectivity index (χ1n) is 10.5. The quantitative estimate of drug-likeness (QED) is 0.641. The highest BCUT2D eigenvalue weighted by molar-refractivity contribution is 7.16. The lowest BCUT2D eigenvalue weighted by Gasteiger charge is -2.35. The maximum atomic E-state index is 13.4. The van der Waals surface area contributed by atoms with Gasteiger partial charge in [-0.05, 0) is 37.1 Å². The molecule has 1 saturated heterocycles. The number of rotatable bonds is 5. The van der Waals surface area contributed by atoms with E-state index in [1.54, 1.807) is 12.1 Å². The van der Waals surface area contributed by atoms with Crippen LogP contribution in [0.1, 0.15) is 36.7 Å². The molecule has 0 radical (unpaired) electrons. The Balaban J connectivity index is 1.44. The summed E-state index contributed by atoms with van der Waals surface area (Å²) in [6, 6.07) is 19.5. The van der Waals surface area contributed by atoms with Crippen LogP contribution in [-0.2, 0) is 6.54 Å². The molecule has 1 fully saturated rings. The Hall–Kier alpha value is -2.96. The van der Waals surface area contributed by atoms with E-state index >= 15 is 0 Å². The Labute approximate surface area is 187 Å². The van der Waals surface area contributed by atoms with Gasteiger partial charge in [-0.25, -0.2) is 0 Å². The van der Waals surface area contributed by atoms with Crippen LogP contribution in [0.4, 0.5) is 5.00 Å². The molecular weight excluding hydrogens is 406 g/mol. The van der Waals surface area contributed by atoms with E-state index in [-0.39, 0.29) is 11.8 Å². The Morgan fingerprint density at radius 2 is 1.52 bits per heavy atom. The molecule has 4 rings (SSSR count). The first-order chi connectivity index (χ1) is 15.0. The van der Waals surface area contributed by atoms with Gasteiger partial charge in [0.25, 0.3) is 11.8 Å². The van der Waals surface area contributed by atoms with Crippen LogP contribution in [0.25, 0.3) is 0 Å². The smallest absolute Gasteiger partial charge is 0.257 e. The molecule has 0 atom stereocenters. The molecule has 2 aromatic carbocycles. The number of benzene rings is 2. The van der Waals surface area contributed by atoms with Gasteiger partial charge in [-0.3, -0.25) is 14.5 Å². The predicted octanol–water partition coefficient (Wildman–Crippen LogP) is 4.58. The highest BCUT2D eigenvalue weighted by Gasteiger charge is 2.28. The van der Waals surface area contributed by atoms with Gasteiger partial charge in [0.1, 0.15) is 5.00 Å². The number of nitrogens with zero attached hydrogens (tertiary/aromatic N) is 2. The van der Waals surface area contributed by atoms with Gasteiger partial charge < -0.3 is 10.2 Å². The molecule has 1 N–H and O–H groups in total. The van der Waals surface area contributed by atoms with Crippen LogP contribution >= 0.6 is 11.3 Å². The van der Waals surface area contributed by atoms with E-state index in [0.717, 1.165) is 30.1 Å². The summed E-state index contributed by atoms with van der Waals surface area (Å²) in [5.41, 5.74) is 3.45. The molecule has 0 aliphatic carbocycles. The number of piperazine rings is 1. The molecule has 0 spiro atoms. The van der Waals surface area contributed by atoms with Gasteiger partial charge in [-0.1, -0.05) is 48.5 Å². The zero-order chi connectivity index (χ0) is 21.8. The lowest BCUT2D eigenvalue weighted by Crippen LogP contribution is -2.48. The molecule has 1 aromatic heterocycles. The van der Waals surface area contributed by atoms with Crippen LogP contribution in [0.3, 0.4) is 0 Å². The molecule has 160 valence electrons. The fourth-order valence-electron chi connectivity index (χ4n) is 3.85. The number of hydrogen-bond donors (Lipinski definition) is 1. The topological polar surface area (TPSA) is 52.7 Å². The lowest BCUT2D eigenvalue weighted by molar-refractivity contribution is 0.0629. The van der Waals surface area contributed by atoms with Crippen molar-refractivity contribution < 1.29 is 9.59 Å². The van der Waals surface area contributed by atoms with Crippen LogP contribution < -0.4 is 5.32 Å². The van der Waals surface area contributed by atoms with Gasteiger partial charge in [0.05, 0.1) is 5.56 Å². The fraction of sp³-hybridized carbons (Fsp3) is 0.280. The molecule has 0 unspecified atom stereocenters. The van der Waals surface area contributed by atoms with E-state index in [1.165, 1.54) is 16.9 Å². The third kappa shape index (κ3) is 4.86. The molecule has 1 aliphatic heterocycles. The first kappa shape index (κ1) is 21.3. The van der Waals surface area contributed by atoms with E-state index < -0.39 is 0 Å². The maximum Gasteiger partial charge on any atom is 0.257 e. The van der Waals surface area contributed by atoms with E-state index in [4.69, 9.17) is 0 Å². The molecule has 0 saturated carbocycles. The summed E-state index contributed by atoms with van der Waals surface area (Å²) in [7, 11) is 0. The first-order valence-corrected chi connectivity index (χ1v) is 11.4. The molecular formula is C25H27N3O2S. The van der Waals surface area contributed by atoms with Crippen LogP contribution in [0.2, 0.25) is 0 Å². The SMILES string of the molecule is Cc1sc(NC(=O)c2ccccc2)c(C(=O)N2CCN(Cc3ccccc3)CC2)c1C. The average Bonchev–Trinajstić information content (AvgIpc) is 3.08. The highest BCUT2D eigenvalue weighted by Crippen LogP contribution is 2.34. The van der Waals surface area contributed by atoms with E-state index in [0.29, 0.717) is 29.2 Å². The summed E-state index contributed by atoms with van der Waals surface area (Å²) < 4.78 is 0. The van der Waals surface area contributed by atoms with Gasteiger partial charge in [-0.15, -0.1) is 11.3 Å². The molecule has 0 bridgehead atoms. The summed E-state index contributed by atoms with van der Waals surface area (Å²) in [4.78, 5) is 31.4. The Kier molecular flexibility index (Phi) is 6.49. The highest BCUT2D eigenvalue weighted by atomic mass is 32.1. The summed E-state index contributed by atoms with van der Waals surface area (Å²) in [5, 5.41) is 3.61. The van der Waals surface area contributed by atoms with Gasteiger partial charge in [0, 0.05) is 43.2 Å². The molecule has 31 heavy (non-hydrogen) atoms. The van der Waals surface area contributed by atoms with Crippen molar-refractivity contribution >= 4 is 28.2 Å². The van der Waals surface area contributed by atoms with Gasteiger partial charge in [0.2, 0.25) is 0 Å². The second kappa shape index (κ2) is 9.45. The summed E-state index contributed by atoms with van der Waals surface area (Å²) in [6.07, 6.45) is 0. The number of carbonyl (C=O) groups is 2. The van der Waals surface area contributed by atoms with Crippen LogP contribution in [0.15, 0.2) is 60.7 Å². The molecule has 3 aromatic rings. The van der Waals surface area contributed by atoms with Crippen molar-refractivity contribution in [3.05, 3.63) is 87.8 Å². The minimum Gasteiger partial charge on any atom is -0.336 e. The predicted molar refractivity (Wildman–Crippen MR) is 126 cm³/mol. The van der Waals surface area contributed by atoms with Crippen molar-refractivity contribution in [1.82, 2.24) is 9.80 Å². The maximum absolute atomic E-state index is 13.4. The van der Waals surface area contributed by atoms with Gasteiger partial charge in [0.15, 0.2) is 0 Å². The fourth-order valence-corrected chi connectivity index (χ4v) is 4.89. The van der Waals surface area contributed by atoms with Crippen LogP contribution in [0, 0.1) is 13.8 Å². The number of anilines is 1. The largest absolute Gasteiger partial charge is 0.336 e. The van der Waals surface area contributed by atoms with E-state index in [1.807, 2.05) is 43.0 Å². The Morgan fingerprint density at radius 1 is 0.903 bits per heavy atom.